The monoisotopic (exact) mass is 351 g/mol. The Morgan fingerprint density at radius 1 is 1.24 bits per heavy atom. The Kier molecular flexibility index (Phi) is 6.69. The normalized spacial score (nSPS) is 19.3. The molecular weight excluding hydrogens is 326 g/mol. The summed E-state index contributed by atoms with van der Waals surface area (Å²) in [7, 11) is 1.51. The van der Waals surface area contributed by atoms with Crippen LogP contribution >= 0.6 is 0 Å². The zero-order chi connectivity index (χ0) is 18.4. The molecule has 1 atom stereocenters. The molecule has 1 unspecified atom stereocenters. The van der Waals surface area contributed by atoms with E-state index in [1.807, 2.05) is 0 Å². The van der Waals surface area contributed by atoms with Crippen molar-refractivity contribution in [2.75, 3.05) is 26.8 Å². The number of urea groups is 1. The third-order valence-electron chi connectivity index (χ3n) is 4.30. The molecule has 2 aliphatic rings. The van der Waals surface area contributed by atoms with Gasteiger partial charge in [-0.2, -0.15) is 0 Å². The second-order valence-corrected chi connectivity index (χ2v) is 6.41. The molecule has 1 aliphatic heterocycles. The standard InChI is InChI=1S/C17H25N3O5/c1-12(11-25-2)18-14(21)10-20-16(23)15(22)19(17(20)24)9-8-13-6-4-3-5-7-13/h6,12H,3-5,7-11H2,1-2H3,(H,18,21). The number of hydrogen-bond acceptors (Lipinski definition) is 5. The van der Waals surface area contributed by atoms with Crippen LogP contribution in [0.4, 0.5) is 4.79 Å². The maximum atomic E-state index is 12.3. The fraction of sp³-hybridized carbons (Fsp3) is 0.647. The Balaban J connectivity index is 1.91. The summed E-state index contributed by atoms with van der Waals surface area (Å²) in [4.78, 5) is 50.0. The number of nitrogens with one attached hydrogen (secondary N) is 1. The lowest BCUT2D eigenvalue weighted by molar-refractivity contribution is -0.144. The number of carbonyl (C=O) groups excluding carboxylic acids is 4. The second-order valence-electron chi connectivity index (χ2n) is 6.41. The molecule has 0 aromatic rings. The van der Waals surface area contributed by atoms with Gasteiger partial charge in [0.2, 0.25) is 5.91 Å². The van der Waals surface area contributed by atoms with E-state index >= 15 is 0 Å². The van der Waals surface area contributed by atoms with Gasteiger partial charge in [0.15, 0.2) is 0 Å². The van der Waals surface area contributed by atoms with Crippen LogP contribution in [0.15, 0.2) is 11.6 Å². The number of amides is 5. The van der Waals surface area contributed by atoms with Crippen LogP contribution in [0.3, 0.4) is 0 Å². The zero-order valence-corrected chi connectivity index (χ0v) is 14.7. The van der Waals surface area contributed by atoms with Gasteiger partial charge in [0.25, 0.3) is 0 Å². The van der Waals surface area contributed by atoms with Gasteiger partial charge in [-0.25, -0.2) is 9.69 Å². The summed E-state index contributed by atoms with van der Waals surface area (Å²) >= 11 is 0. The number of ether oxygens (including phenoxy) is 1. The fourth-order valence-corrected chi connectivity index (χ4v) is 3.03. The lowest BCUT2D eigenvalue weighted by Crippen LogP contribution is -2.45. The topological polar surface area (TPSA) is 96.0 Å². The molecule has 0 aromatic carbocycles. The smallest absolute Gasteiger partial charge is 0.334 e. The van der Waals surface area contributed by atoms with Crippen LogP contribution in [-0.4, -0.2) is 66.4 Å². The van der Waals surface area contributed by atoms with Gasteiger partial charge in [0, 0.05) is 19.7 Å². The van der Waals surface area contributed by atoms with Gasteiger partial charge in [0.1, 0.15) is 6.54 Å². The summed E-state index contributed by atoms with van der Waals surface area (Å²) in [6, 6.07) is -0.976. The van der Waals surface area contributed by atoms with Crippen molar-refractivity contribution in [1.29, 1.82) is 0 Å². The van der Waals surface area contributed by atoms with Gasteiger partial charge in [-0.15, -0.1) is 0 Å². The van der Waals surface area contributed by atoms with E-state index in [2.05, 4.69) is 11.4 Å². The van der Waals surface area contributed by atoms with Gasteiger partial charge in [-0.05, 0) is 39.0 Å². The molecule has 8 nitrogen and oxygen atoms in total. The first-order valence-corrected chi connectivity index (χ1v) is 8.57. The average molecular weight is 351 g/mol. The van der Waals surface area contributed by atoms with Crippen molar-refractivity contribution in [2.45, 2.75) is 45.1 Å². The van der Waals surface area contributed by atoms with Crippen molar-refractivity contribution >= 4 is 23.8 Å². The molecule has 138 valence electrons. The van der Waals surface area contributed by atoms with Crippen LogP contribution in [0, 0.1) is 0 Å². The molecule has 5 amide bonds. The van der Waals surface area contributed by atoms with E-state index in [1.54, 1.807) is 6.92 Å². The summed E-state index contributed by atoms with van der Waals surface area (Å²) < 4.78 is 4.91. The molecule has 8 heteroatoms. The predicted molar refractivity (Wildman–Crippen MR) is 89.5 cm³/mol. The van der Waals surface area contributed by atoms with Crippen molar-refractivity contribution in [2.24, 2.45) is 0 Å². The maximum Gasteiger partial charge on any atom is 0.334 e. The van der Waals surface area contributed by atoms with E-state index < -0.39 is 30.3 Å². The maximum absolute atomic E-state index is 12.3. The van der Waals surface area contributed by atoms with Crippen LogP contribution in [-0.2, 0) is 19.1 Å². The number of methoxy groups -OCH3 is 1. The number of allylic oxidation sites excluding steroid dienone is 1. The largest absolute Gasteiger partial charge is 0.383 e. The van der Waals surface area contributed by atoms with Gasteiger partial charge in [-0.3, -0.25) is 19.3 Å². The Labute approximate surface area is 147 Å². The third kappa shape index (κ3) is 4.88. The number of imide groups is 2. The third-order valence-corrected chi connectivity index (χ3v) is 4.30. The van der Waals surface area contributed by atoms with Crippen LogP contribution in [0.2, 0.25) is 0 Å². The van der Waals surface area contributed by atoms with Crippen LogP contribution in [0.1, 0.15) is 39.0 Å². The van der Waals surface area contributed by atoms with E-state index in [9.17, 15) is 19.2 Å². The Morgan fingerprint density at radius 3 is 2.60 bits per heavy atom. The Hall–Kier alpha value is -2.22. The lowest BCUT2D eigenvalue weighted by atomic mass is 9.97. The molecule has 0 bridgehead atoms. The first-order chi connectivity index (χ1) is 11.9. The van der Waals surface area contributed by atoms with E-state index in [1.165, 1.54) is 12.7 Å². The van der Waals surface area contributed by atoms with E-state index in [0.29, 0.717) is 17.9 Å². The SMILES string of the molecule is COCC(C)NC(=O)CN1C(=O)C(=O)N(CCC2=CCCCC2)C1=O. The minimum Gasteiger partial charge on any atom is -0.383 e. The molecule has 1 N–H and O–H groups in total. The van der Waals surface area contributed by atoms with Crippen molar-refractivity contribution in [1.82, 2.24) is 15.1 Å². The molecule has 1 fully saturated rings. The highest BCUT2D eigenvalue weighted by Crippen LogP contribution is 2.21. The zero-order valence-electron chi connectivity index (χ0n) is 14.7. The van der Waals surface area contributed by atoms with Gasteiger partial charge in [0.05, 0.1) is 6.61 Å². The minimum absolute atomic E-state index is 0.174. The van der Waals surface area contributed by atoms with Crippen LogP contribution in [0.25, 0.3) is 0 Å². The van der Waals surface area contributed by atoms with Gasteiger partial charge < -0.3 is 10.1 Å². The van der Waals surface area contributed by atoms with Crippen molar-refractivity contribution in [3.05, 3.63) is 11.6 Å². The molecule has 25 heavy (non-hydrogen) atoms. The highest BCUT2D eigenvalue weighted by molar-refractivity contribution is 6.45. The predicted octanol–water partition coefficient (Wildman–Crippen LogP) is 0.819. The van der Waals surface area contributed by atoms with Gasteiger partial charge >= 0.3 is 17.8 Å². The first-order valence-electron chi connectivity index (χ1n) is 8.57. The van der Waals surface area contributed by atoms with Crippen molar-refractivity contribution in [3.63, 3.8) is 0 Å². The van der Waals surface area contributed by atoms with Crippen molar-refractivity contribution < 1.29 is 23.9 Å². The number of carbonyl (C=O) groups is 4. The summed E-state index contributed by atoms with van der Waals surface area (Å²) in [5.41, 5.74) is 1.21. The number of hydrogen-bond donors (Lipinski definition) is 1. The summed E-state index contributed by atoms with van der Waals surface area (Å²) in [6.07, 6.45) is 6.97. The molecule has 0 radical (unpaired) electrons. The molecule has 1 aliphatic carbocycles. The van der Waals surface area contributed by atoms with Gasteiger partial charge in [-0.1, -0.05) is 11.6 Å². The summed E-state index contributed by atoms with van der Waals surface area (Å²) in [5.74, 6) is -2.31. The summed E-state index contributed by atoms with van der Waals surface area (Å²) in [6.45, 7) is 1.77. The highest BCUT2D eigenvalue weighted by Gasteiger charge is 2.44. The average Bonchev–Trinajstić information content (AvgIpc) is 2.78. The highest BCUT2D eigenvalue weighted by atomic mass is 16.5. The molecule has 0 saturated carbocycles. The first kappa shape index (κ1) is 19.1. The molecule has 1 saturated heterocycles. The summed E-state index contributed by atoms with van der Waals surface area (Å²) in [5, 5.41) is 2.61. The lowest BCUT2D eigenvalue weighted by Gasteiger charge is -2.18. The molecule has 0 aromatic heterocycles. The Morgan fingerprint density at radius 2 is 1.96 bits per heavy atom. The van der Waals surface area contributed by atoms with E-state index in [0.717, 1.165) is 30.6 Å². The van der Waals surface area contributed by atoms with Crippen molar-refractivity contribution in [3.8, 4) is 0 Å². The molecule has 2 rings (SSSR count). The van der Waals surface area contributed by atoms with Crippen LogP contribution in [0.5, 0.6) is 0 Å². The second kappa shape index (κ2) is 8.75. The number of nitrogens with zero attached hydrogens (tertiary/aromatic N) is 2. The minimum atomic E-state index is -0.947. The quantitative estimate of drug-likeness (QED) is 0.397. The van der Waals surface area contributed by atoms with Crippen LogP contribution < -0.4 is 5.32 Å². The number of rotatable bonds is 8. The van der Waals surface area contributed by atoms with E-state index in [-0.39, 0.29) is 12.6 Å². The van der Waals surface area contributed by atoms with E-state index in [4.69, 9.17) is 4.74 Å². The molecular formula is C17H25N3O5. The Bertz CT molecular complexity index is 587. The molecule has 1 heterocycles. The molecule has 0 spiro atoms. The fourth-order valence-electron chi connectivity index (χ4n) is 3.03.